The van der Waals surface area contributed by atoms with E-state index in [0.29, 0.717) is 88.3 Å². The summed E-state index contributed by atoms with van der Waals surface area (Å²) in [6.07, 6.45) is 4.98. The topological polar surface area (TPSA) is 171 Å². The number of anilines is 2. The van der Waals surface area contributed by atoms with Crippen molar-refractivity contribution in [3.05, 3.63) is 71.3 Å². The molecule has 0 unspecified atom stereocenters. The molecule has 4 saturated heterocycles. The van der Waals surface area contributed by atoms with Crippen molar-refractivity contribution < 1.29 is 37.7 Å². The van der Waals surface area contributed by atoms with E-state index < -0.39 is 31.8 Å². The number of hydrogen-bond donors (Lipinski definition) is 2. The van der Waals surface area contributed by atoms with Crippen molar-refractivity contribution in [2.75, 3.05) is 55.7 Å². The van der Waals surface area contributed by atoms with Gasteiger partial charge in [0.1, 0.15) is 36.3 Å². The fourth-order valence-electron chi connectivity index (χ4n) is 14.3. The Hall–Kier alpha value is -6.91. The van der Waals surface area contributed by atoms with Gasteiger partial charge in [-0.05, 0) is 103 Å². The first-order valence-corrected chi connectivity index (χ1v) is 30.2. The minimum atomic E-state index is -2.32. The molecule has 8 heterocycles. The Kier molecular flexibility index (Phi) is 13.1. The molecule has 1 aliphatic carbocycles. The predicted molar refractivity (Wildman–Crippen MR) is 298 cm³/mol. The summed E-state index contributed by atoms with van der Waals surface area (Å²) >= 11 is 0. The summed E-state index contributed by atoms with van der Waals surface area (Å²) in [4.78, 5) is 59.9. The SMILES string of the molecule is CC(C)[Si](C#Cc1c(F)ccc2cccc(-c3nc4c5c(nc(OCC6(CN7CCC(c8ccc9c(N%10CCC(=O)NC%10=O)nn(C)c9c8)CC7)CC6)nc5c3F)N3C[C@H]5CC[C@@H]([C@H]3CCO4)N5C(=O)O)c12)(C(C)C)C(C)C. The van der Waals surface area contributed by atoms with E-state index in [4.69, 9.17) is 24.4 Å². The van der Waals surface area contributed by atoms with E-state index in [1.54, 1.807) is 21.7 Å². The van der Waals surface area contributed by atoms with E-state index in [1.807, 2.05) is 25.2 Å². The van der Waals surface area contributed by atoms with Crippen LogP contribution in [-0.2, 0) is 11.8 Å². The van der Waals surface area contributed by atoms with Crippen LogP contribution in [0.2, 0.25) is 16.6 Å². The highest BCUT2D eigenvalue weighted by atomic mass is 28.3. The molecule has 16 nitrogen and oxygen atoms in total. The number of aromatic nitrogens is 5. The molecule has 4 amide bonds. The van der Waals surface area contributed by atoms with Gasteiger partial charge in [-0.25, -0.2) is 23.4 Å². The number of piperazine rings is 1. The molecule has 2 bridgehead atoms. The van der Waals surface area contributed by atoms with Crippen LogP contribution in [0.4, 0.5) is 30.0 Å². The fourth-order valence-corrected chi connectivity index (χ4v) is 19.5. The number of amides is 4. The first kappa shape index (κ1) is 51.8. The molecule has 6 aliphatic rings. The molecule has 0 radical (unpaired) electrons. The minimum Gasteiger partial charge on any atom is -0.477 e. The second-order valence-corrected chi connectivity index (χ2v) is 29.3. The van der Waals surface area contributed by atoms with Gasteiger partial charge in [-0.1, -0.05) is 77.8 Å². The molecule has 3 aromatic heterocycles. The highest BCUT2D eigenvalue weighted by molar-refractivity contribution is 6.90. The van der Waals surface area contributed by atoms with Gasteiger partial charge in [-0.15, -0.1) is 5.54 Å². The van der Waals surface area contributed by atoms with Crippen molar-refractivity contribution in [2.24, 2.45) is 12.5 Å². The van der Waals surface area contributed by atoms with Crippen molar-refractivity contribution in [1.29, 1.82) is 0 Å². The number of halogens is 2. The monoisotopic (exact) mass is 1080 g/mol. The van der Waals surface area contributed by atoms with Crippen LogP contribution < -0.4 is 24.6 Å². The Bertz CT molecular complexity index is 3470. The maximum atomic E-state index is 18.1. The highest BCUT2D eigenvalue weighted by Crippen LogP contribution is 2.50. The van der Waals surface area contributed by atoms with Crippen molar-refractivity contribution in [1.82, 2.24) is 39.8 Å². The van der Waals surface area contributed by atoms with Crippen LogP contribution in [0.3, 0.4) is 0 Å². The van der Waals surface area contributed by atoms with E-state index in [0.717, 1.165) is 56.2 Å². The van der Waals surface area contributed by atoms with Gasteiger partial charge in [0.15, 0.2) is 11.6 Å². The van der Waals surface area contributed by atoms with E-state index in [2.05, 4.69) is 85.4 Å². The normalized spacial score (nSPS) is 21.5. The summed E-state index contributed by atoms with van der Waals surface area (Å²) in [6.45, 7) is 17.1. The molecular formula is C59H68F2N10O6Si. The zero-order chi connectivity index (χ0) is 54.5. The molecule has 6 aromatic rings. The average molecular weight is 1080 g/mol. The van der Waals surface area contributed by atoms with Gasteiger partial charge in [0.25, 0.3) is 0 Å². The van der Waals surface area contributed by atoms with Crippen LogP contribution >= 0.6 is 0 Å². The highest BCUT2D eigenvalue weighted by Gasteiger charge is 2.51. The number of rotatable bonds is 11. The van der Waals surface area contributed by atoms with Crippen molar-refractivity contribution >= 4 is 70.3 Å². The lowest BCUT2D eigenvalue weighted by Crippen LogP contribution is -2.62. The van der Waals surface area contributed by atoms with Crippen LogP contribution in [0, 0.1) is 28.5 Å². The number of nitrogens with zero attached hydrogens (tertiary/aromatic N) is 9. The van der Waals surface area contributed by atoms with E-state index >= 15 is 8.78 Å². The Balaban J connectivity index is 0.857. The zero-order valence-electron chi connectivity index (χ0n) is 45.5. The number of carbonyl (C=O) groups is 3. The number of likely N-dealkylation sites (tertiary alicyclic amines) is 1. The lowest BCUT2D eigenvalue weighted by Gasteiger charge is -2.47. The van der Waals surface area contributed by atoms with Gasteiger partial charge >= 0.3 is 18.1 Å². The van der Waals surface area contributed by atoms with Gasteiger partial charge in [0.2, 0.25) is 11.8 Å². The van der Waals surface area contributed by atoms with Gasteiger partial charge in [0, 0.05) is 61.3 Å². The number of aryl methyl sites for hydroxylation is 1. The van der Waals surface area contributed by atoms with Crippen LogP contribution in [0.1, 0.15) is 110 Å². The molecule has 408 valence electrons. The van der Waals surface area contributed by atoms with Crippen molar-refractivity contribution in [3.63, 3.8) is 0 Å². The van der Waals surface area contributed by atoms with Gasteiger partial charge in [-0.3, -0.25) is 24.6 Å². The molecule has 3 atom stereocenters. The van der Waals surface area contributed by atoms with Crippen LogP contribution in [0.15, 0.2) is 48.5 Å². The van der Waals surface area contributed by atoms with Gasteiger partial charge < -0.3 is 24.4 Å². The molecule has 5 aliphatic heterocycles. The molecule has 0 spiro atoms. The molecular weight excluding hydrogens is 1010 g/mol. The Morgan fingerprint density at radius 1 is 0.910 bits per heavy atom. The second kappa shape index (κ2) is 19.8. The van der Waals surface area contributed by atoms with Gasteiger partial charge in [-0.2, -0.15) is 15.1 Å². The summed E-state index contributed by atoms with van der Waals surface area (Å²) < 4.78 is 49.5. The number of piperidine rings is 1. The number of nitrogens with one attached hydrogen (secondary N) is 1. The second-order valence-electron chi connectivity index (χ2n) is 23.8. The van der Waals surface area contributed by atoms with E-state index in [1.165, 1.54) is 16.5 Å². The average Bonchev–Trinajstić information content (AvgIpc) is 4.12. The standard InChI is InChI=1S/C59H68F2N10O6Si/c1-33(2)78(34(3)4,35(5)6)28-21-40-43(60)15-12-37-9-8-10-42(48(37)40)51-50(61)52-49-54(70-30-39-13-16-45(71(39)58(74)75)44(70)20-27-76-55(49)63-51)65-56(64-52)77-32-59(22-23-59)31-68-24-17-36(18-25-68)38-11-14-41-46(29-38)67(7)66-53(41)69-26-19-47(72)62-57(69)73/h8-12,14-15,29,33-36,39,44-45H,13,16-20,22-27,30-32H2,1-7H3,(H,74,75)(H,62,72,73)/t39-,44-,45+/m1/s1. The molecule has 3 aromatic carbocycles. The summed E-state index contributed by atoms with van der Waals surface area (Å²) in [6, 6.07) is 13.6. The third-order valence-corrected chi connectivity index (χ3v) is 24.7. The summed E-state index contributed by atoms with van der Waals surface area (Å²) in [5.74, 6) is 3.32. The smallest absolute Gasteiger partial charge is 0.407 e. The Labute approximate surface area is 453 Å². The Morgan fingerprint density at radius 3 is 2.40 bits per heavy atom. The minimum absolute atomic E-state index is 0.0211. The van der Waals surface area contributed by atoms with Crippen LogP contribution in [0.5, 0.6) is 11.9 Å². The quantitative estimate of drug-likeness (QED) is 0.0931. The number of imide groups is 1. The zero-order valence-corrected chi connectivity index (χ0v) is 46.5. The first-order valence-electron chi connectivity index (χ1n) is 27.9. The number of ether oxygens (including phenoxy) is 2. The predicted octanol–water partition coefficient (Wildman–Crippen LogP) is 10.5. The van der Waals surface area contributed by atoms with Crippen LogP contribution in [0.25, 0.3) is 43.8 Å². The lowest BCUT2D eigenvalue weighted by molar-refractivity contribution is -0.120. The third-order valence-electron chi connectivity index (χ3n) is 18.4. The number of benzene rings is 3. The summed E-state index contributed by atoms with van der Waals surface area (Å²) in [5, 5.41) is 19.8. The third kappa shape index (κ3) is 8.77. The molecule has 1 saturated carbocycles. The van der Waals surface area contributed by atoms with E-state index in [9.17, 15) is 19.5 Å². The van der Waals surface area contributed by atoms with Crippen molar-refractivity contribution in [2.45, 2.75) is 134 Å². The Morgan fingerprint density at radius 2 is 1.68 bits per heavy atom. The maximum Gasteiger partial charge on any atom is 0.407 e. The van der Waals surface area contributed by atoms with E-state index in [-0.39, 0.29) is 77.7 Å². The lowest BCUT2D eigenvalue weighted by atomic mass is 9.88. The van der Waals surface area contributed by atoms with Crippen molar-refractivity contribution in [3.8, 4) is 34.6 Å². The molecule has 12 rings (SSSR count). The fraction of sp³-hybridized carbons (Fsp3) is 0.508. The van der Waals surface area contributed by atoms with Crippen LogP contribution in [-0.4, -0.2) is 130 Å². The number of hydrogen-bond acceptors (Lipinski definition) is 11. The number of fused-ring (bicyclic) bond motifs is 7. The molecule has 2 N–H and O–H groups in total. The number of carboxylic acid groups (broad SMARTS) is 1. The molecule has 78 heavy (non-hydrogen) atoms. The first-order chi connectivity index (χ1) is 37.4. The number of urea groups is 1. The number of carbonyl (C=O) groups excluding carboxylic acids is 2. The molecule has 19 heteroatoms. The largest absolute Gasteiger partial charge is 0.477 e. The molecule has 5 fully saturated rings. The summed E-state index contributed by atoms with van der Waals surface area (Å²) in [5.41, 5.74) is 7.15. The number of pyridine rings is 1. The van der Waals surface area contributed by atoms with Gasteiger partial charge in [0.05, 0.1) is 42.4 Å². The maximum absolute atomic E-state index is 18.1. The summed E-state index contributed by atoms with van der Waals surface area (Å²) in [7, 11) is -0.439.